The number of nitrogens with two attached hydrogens (primary N) is 1. The average molecular weight is 234 g/mol. The second-order valence-corrected chi connectivity index (χ2v) is 4.10. The lowest BCUT2D eigenvalue weighted by atomic mass is 10.1. The van der Waals surface area contributed by atoms with Crippen molar-refractivity contribution in [3.05, 3.63) is 29.8 Å². The zero-order chi connectivity index (χ0) is 12.4. The van der Waals surface area contributed by atoms with Crippen molar-refractivity contribution in [2.24, 2.45) is 5.73 Å². The highest BCUT2D eigenvalue weighted by Gasteiger charge is 2.30. The van der Waals surface area contributed by atoms with Crippen molar-refractivity contribution in [3.8, 4) is 0 Å². The number of hydrogen-bond donors (Lipinski definition) is 2. The number of amides is 1. The lowest BCUT2D eigenvalue weighted by Crippen LogP contribution is -2.35. The van der Waals surface area contributed by atoms with Crippen LogP contribution in [-0.4, -0.2) is 29.6 Å². The molecular weight excluding hydrogens is 220 g/mol. The fraction of sp³-hybridized carbons (Fsp3) is 0.333. The van der Waals surface area contributed by atoms with Crippen molar-refractivity contribution in [1.29, 1.82) is 0 Å². The van der Waals surface area contributed by atoms with Gasteiger partial charge < -0.3 is 15.7 Å². The van der Waals surface area contributed by atoms with Crippen molar-refractivity contribution in [3.63, 3.8) is 0 Å². The van der Waals surface area contributed by atoms with Crippen LogP contribution >= 0.6 is 0 Å². The number of carboxylic acids is 1. The second-order valence-electron chi connectivity index (χ2n) is 4.10. The Labute approximate surface area is 98.8 Å². The molecule has 1 aromatic rings. The largest absolute Gasteiger partial charge is 0.480 e. The molecule has 1 aliphatic heterocycles. The topological polar surface area (TPSA) is 83.6 Å². The molecule has 1 heterocycles. The Hall–Kier alpha value is -2.04. The van der Waals surface area contributed by atoms with E-state index in [0.717, 1.165) is 18.7 Å². The lowest BCUT2D eigenvalue weighted by Gasteiger charge is -2.23. The molecule has 0 saturated carbocycles. The summed E-state index contributed by atoms with van der Waals surface area (Å²) in [4.78, 5) is 23.8. The quantitative estimate of drug-likeness (QED) is 0.811. The maximum atomic E-state index is 11.0. The van der Waals surface area contributed by atoms with Crippen molar-refractivity contribution in [1.82, 2.24) is 0 Å². The van der Waals surface area contributed by atoms with Crippen molar-refractivity contribution in [2.45, 2.75) is 18.9 Å². The molecule has 1 aliphatic rings. The van der Waals surface area contributed by atoms with Crippen LogP contribution in [0.1, 0.15) is 23.2 Å². The molecule has 5 nitrogen and oxygen atoms in total. The molecule has 3 N–H and O–H groups in total. The van der Waals surface area contributed by atoms with Gasteiger partial charge in [0.2, 0.25) is 5.91 Å². The van der Waals surface area contributed by atoms with Crippen LogP contribution in [0.4, 0.5) is 5.69 Å². The standard InChI is InChI=1S/C12H14N2O3/c13-11(15)8-3-5-9(6-4-8)14-7-1-2-10(14)12(16)17/h3-6,10H,1-2,7H2,(H2,13,15)(H,16,17). The van der Waals surface area contributed by atoms with E-state index in [2.05, 4.69) is 0 Å². The maximum absolute atomic E-state index is 11.0. The first-order chi connectivity index (χ1) is 8.09. The van der Waals surface area contributed by atoms with Gasteiger partial charge in [0, 0.05) is 17.8 Å². The van der Waals surface area contributed by atoms with E-state index in [-0.39, 0.29) is 0 Å². The molecular formula is C12H14N2O3. The molecule has 0 aliphatic carbocycles. The molecule has 0 spiro atoms. The van der Waals surface area contributed by atoms with Gasteiger partial charge in [-0.25, -0.2) is 4.79 Å². The number of benzene rings is 1. The number of aliphatic carboxylic acids is 1. The van der Waals surface area contributed by atoms with Crippen molar-refractivity contribution >= 4 is 17.6 Å². The third-order valence-electron chi connectivity index (χ3n) is 3.02. The molecule has 1 fully saturated rings. The van der Waals surface area contributed by atoms with Gasteiger partial charge >= 0.3 is 5.97 Å². The highest BCUT2D eigenvalue weighted by atomic mass is 16.4. The lowest BCUT2D eigenvalue weighted by molar-refractivity contribution is -0.138. The number of carbonyl (C=O) groups is 2. The minimum atomic E-state index is -0.804. The van der Waals surface area contributed by atoms with Crippen LogP contribution in [0.2, 0.25) is 0 Å². The van der Waals surface area contributed by atoms with Gasteiger partial charge in [-0.05, 0) is 37.1 Å². The molecule has 0 aromatic heterocycles. The molecule has 0 bridgehead atoms. The van der Waals surface area contributed by atoms with E-state index in [4.69, 9.17) is 10.8 Å². The molecule has 1 amide bonds. The van der Waals surface area contributed by atoms with E-state index in [1.807, 2.05) is 4.90 Å². The first-order valence-corrected chi connectivity index (χ1v) is 5.49. The van der Waals surface area contributed by atoms with E-state index in [9.17, 15) is 9.59 Å². The zero-order valence-electron chi connectivity index (χ0n) is 9.30. The SMILES string of the molecule is NC(=O)c1ccc(N2CCCC2C(=O)O)cc1. The van der Waals surface area contributed by atoms with Crippen LogP contribution in [0.25, 0.3) is 0 Å². The fourth-order valence-electron chi connectivity index (χ4n) is 2.15. The predicted octanol–water partition coefficient (Wildman–Crippen LogP) is 0.839. The molecule has 0 radical (unpaired) electrons. The van der Waals surface area contributed by atoms with Gasteiger partial charge in [0.15, 0.2) is 0 Å². The monoisotopic (exact) mass is 234 g/mol. The summed E-state index contributed by atoms with van der Waals surface area (Å²) in [5, 5.41) is 9.07. The van der Waals surface area contributed by atoms with Gasteiger partial charge in [0.25, 0.3) is 0 Å². The van der Waals surface area contributed by atoms with Crippen molar-refractivity contribution < 1.29 is 14.7 Å². The molecule has 1 saturated heterocycles. The normalized spacial score (nSPS) is 19.3. The van der Waals surface area contributed by atoms with Crippen LogP contribution in [0.15, 0.2) is 24.3 Å². The smallest absolute Gasteiger partial charge is 0.326 e. The summed E-state index contributed by atoms with van der Waals surface area (Å²) in [5.74, 6) is -1.28. The first-order valence-electron chi connectivity index (χ1n) is 5.49. The van der Waals surface area contributed by atoms with Gasteiger partial charge in [-0.1, -0.05) is 0 Å². The van der Waals surface area contributed by atoms with Crippen LogP contribution in [0, 0.1) is 0 Å². The van der Waals surface area contributed by atoms with Crippen molar-refractivity contribution in [2.75, 3.05) is 11.4 Å². The van der Waals surface area contributed by atoms with E-state index < -0.39 is 17.9 Å². The number of primary amides is 1. The summed E-state index contributed by atoms with van der Waals surface area (Å²) in [7, 11) is 0. The van der Waals surface area contributed by atoms with Crippen LogP contribution in [0.3, 0.4) is 0 Å². The van der Waals surface area contributed by atoms with Gasteiger partial charge in [0.05, 0.1) is 0 Å². The number of rotatable bonds is 3. The number of carbonyl (C=O) groups excluding carboxylic acids is 1. The Kier molecular flexibility index (Phi) is 2.99. The van der Waals surface area contributed by atoms with E-state index >= 15 is 0 Å². The Bertz CT molecular complexity index is 442. The molecule has 1 atom stereocenters. The molecule has 90 valence electrons. The summed E-state index contributed by atoms with van der Waals surface area (Å²) in [5.41, 5.74) is 6.40. The highest BCUT2D eigenvalue weighted by molar-refractivity contribution is 5.93. The molecule has 2 rings (SSSR count). The number of hydrogen-bond acceptors (Lipinski definition) is 3. The summed E-state index contributed by atoms with van der Waals surface area (Å²) in [6.45, 7) is 0.729. The summed E-state index contributed by atoms with van der Waals surface area (Å²) in [6.07, 6.45) is 1.53. The van der Waals surface area contributed by atoms with Gasteiger partial charge in [-0.15, -0.1) is 0 Å². The Morgan fingerprint density at radius 2 is 1.94 bits per heavy atom. The average Bonchev–Trinajstić information content (AvgIpc) is 2.78. The number of carboxylic acid groups (broad SMARTS) is 1. The van der Waals surface area contributed by atoms with Gasteiger partial charge in [-0.3, -0.25) is 4.79 Å². The van der Waals surface area contributed by atoms with E-state index in [1.54, 1.807) is 24.3 Å². The van der Waals surface area contributed by atoms with Crippen LogP contribution < -0.4 is 10.6 Å². The third kappa shape index (κ3) is 2.22. The first kappa shape index (κ1) is 11.4. The second kappa shape index (κ2) is 4.45. The van der Waals surface area contributed by atoms with E-state index in [0.29, 0.717) is 12.0 Å². The predicted molar refractivity (Wildman–Crippen MR) is 63.0 cm³/mol. The maximum Gasteiger partial charge on any atom is 0.326 e. The third-order valence-corrected chi connectivity index (χ3v) is 3.02. The van der Waals surface area contributed by atoms with Crippen LogP contribution in [-0.2, 0) is 4.79 Å². The molecule has 1 unspecified atom stereocenters. The highest BCUT2D eigenvalue weighted by Crippen LogP contribution is 2.25. The molecule has 1 aromatic carbocycles. The number of anilines is 1. The molecule has 17 heavy (non-hydrogen) atoms. The summed E-state index contributed by atoms with van der Waals surface area (Å²) < 4.78 is 0. The van der Waals surface area contributed by atoms with Gasteiger partial charge in [0.1, 0.15) is 6.04 Å². The minimum Gasteiger partial charge on any atom is -0.480 e. The van der Waals surface area contributed by atoms with E-state index in [1.165, 1.54) is 0 Å². The summed E-state index contributed by atoms with van der Waals surface area (Å²) >= 11 is 0. The zero-order valence-corrected chi connectivity index (χ0v) is 9.30. The Morgan fingerprint density at radius 1 is 1.29 bits per heavy atom. The number of nitrogens with zero attached hydrogens (tertiary/aromatic N) is 1. The summed E-state index contributed by atoms with van der Waals surface area (Å²) in [6, 6.07) is 6.25. The van der Waals surface area contributed by atoms with Crippen LogP contribution in [0.5, 0.6) is 0 Å². The van der Waals surface area contributed by atoms with Gasteiger partial charge in [-0.2, -0.15) is 0 Å². The minimum absolute atomic E-state index is 0.430. The Morgan fingerprint density at radius 3 is 2.47 bits per heavy atom. The Balaban J connectivity index is 2.22. The molecule has 5 heteroatoms. The fourth-order valence-corrected chi connectivity index (χ4v) is 2.15.